The third kappa shape index (κ3) is 2.92. The van der Waals surface area contributed by atoms with E-state index in [1.165, 1.54) is 6.07 Å². The van der Waals surface area contributed by atoms with Gasteiger partial charge in [-0.05, 0) is 18.2 Å². The Kier molecular flexibility index (Phi) is 3.89. The van der Waals surface area contributed by atoms with E-state index >= 15 is 0 Å². The molecule has 0 saturated carbocycles. The first-order chi connectivity index (χ1) is 10.2. The molecule has 9 heteroatoms. The molecule has 1 heterocycles. The maximum absolute atomic E-state index is 12.7. The highest BCUT2D eigenvalue weighted by atomic mass is 19.4. The van der Waals surface area contributed by atoms with Crippen molar-refractivity contribution in [2.75, 3.05) is 7.11 Å². The van der Waals surface area contributed by atoms with Crippen molar-refractivity contribution in [1.82, 2.24) is 9.78 Å². The Balaban J connectivity index is 2.63. The second-order valence-corrected chi connectivity index (χ2v) is 4.17. The third-order valence-corrected chi connectivity index (χ3v) is 2.71. The Morgan fingerprint density at radius 2 is 2.00 bits per heavy atom. The van der Waals surface area contributed by atoms with Crippen molar-refractivity contribution < 1.29 is 27.8 Å². The largest absolute Gasteiger partial charge is 0.505 e. The topological polar surface area (TPSA) is 81.4 Å². The molecule has 0 saturated heterocycles. The molecule has 0 amide bonds. The van der Waals surface area contributed by atoms with Crippen molar-refractivity contribution in [1.29, 1.82) is 0 Å². The number of carbonyl (C=O) groups excluding carboxylic acids is 1. The zero-order valence-corrected chi connectivity index (χ0v) is 11.1. The fraction of sp³-hybridized carbons (Fsp3) is 0.154. The van der Waals surface area contributed by atoms with E-state index in [1.54, 1.807) is 0 Å². The maximum Gasteiger partial charge on any atom is 0.416 e. The molecule has 0 bridgehead atoms. The van der Waals surface area contributed by atoms with Gasteiger partial charge in [-0.25, -0.2) is 4.79 Å². The minimum absolute atomic E-state index is 0.204. The van der Waals surface area contributed by atoms with Crippen LogP contribution in [0.4, 0.5) is 13.2 Å². The van der Waals surface area contributed by atoms with Crippen LogP contribution in [0.3, 0.4) is 0 Å². The van der Waals surface area contributed by atoms with Crippen LogP contribution >= 0.6 is 0 Å². The molecule has 1 N–H and O–H groups in total. The molecular weight excluding hydrogens is 305 g/mol. The first-order valence-corrected chi connectivity index (χ1v) is 5.83. The standard InChI is InChI=1S/C13H9F3N2O4/c1-22-12(21)11-9(19)6-10(20)18(17-11)8-4-2-3-7(5-8)13(14,15)16/h2-6,19H,1H3. The number of carbonyl (C=O) groups is 1. The van der Waals surface area contributed by atoms with Gasteiger partial charge in [0.25, 0.3) is 5.56 Å². The average Bonchev–Trinajstić information content (AvgIpc) is 2.46. The molecule has 0 atom stereocenters. The summed E-state index contributed by atoms with van der Waals surface area (Å²) >= 11 is 0. The van der Waals surface area contributed by atoms with Crippen molar-refractivity contribution >= 4 is 5.97 Å². The molecular formula is C13H9F3N2O4. The summed E-state index contributed by atoms with van der Waals surface area (Å²) in [7, 11) is 1.03. The summed E-state index contributed by atoms with van der Waals surface area (Å²) in [5.74, 6) is -1.75. The lowest BCUT2D eigenvalue weighted by Gasteiger charge is -2.10. The predicted molar refractivity (Wildman–Crippen MR) is 67.8 cm³/mol. The van der Waals surface area contributed by atoms with Gasteiger partial charge in [0, 0.05) is 6.07 Å². The monoisotopic (exact) mass is 314 g/mol. The summed E-state index contributed by atoms with van der Waals surface area (Å²) in [4.78, 5) is 23.2. The molecule has 116 valence electrons. The molecule has 0 aliphatic rings. The van der Waals surface area contributed by atoms with Crippen LogP contribution in [0, 0.1) is 0 Å². The SMILES string of the molecule is COC(=O)c1nn(-c2cccc(C(F)(F)F)c2)c(=O)cc1O. The maximum atomic E-state index is 12.7. The van der Waals surface area contributed by atoms with Crippen LogP contribution in [-0.2, 0) is 10.9 Å². The quantitative estimate of drug-likeness (QED) is 0.854. The Labute approximate surface area is 121 Å². The first-order valence-electron chi connectivity index (χ1n) is 5.83. The third-order valence-electron chi connectivity index (χ3n) is 2.71. The molecule has 6 nitrogen and oxygen atoms in total. The smallest absolute Gasteiger partial charge is 0.416 e. The lowest BCUT2D eigenvalue weighted by atomic mass is 10.2. The van der Waals surface area contributed by atoms with Crippen LogP contribution in [0.2, 0.25) is 0 Å². The van der Waals surface area contributed by atoms with E-state index in [2.05, 4.69) is 9.84 Å². The van der Waals surface area contributed by atoms with Gasteiger partial charge < -0.3 is 9.84 Å². The molecule has 0 unspecified atom stereocenters. The van der Waals surface area contributed by atoms with E-state index < -0.39 is 34.7 Å². The molecule has 1 aromatic heterocycles. The molecule has 1 aromatic carbocycles. The van der Waals surface area contributed by atoms with Crippen LogP contribution in [0.25, 0.3) is 5.69 Å². The second-order valence-electron chi connectivity index (χ2n) is 4.17. The summed E-state index contributed by atoms with van der Waals surface area (Å²) in [6.07, 6.45) is -4.60. The van der Waals surface area contributed by atoms with Crippen LogP contribution in [0.5, 0.6) is 5.75 Å². The number of benzene rings is 1. The summed E-state index contributed by atoms with van der Waals surface area (Å²) < 4.78 is 43.0. The minimum atomic E-state index is -4.60. The number of methoxy groups -OCH3 is 1. The number of halogens is 3. The van der Waals surface area contributed by atoms with Gasteiger partial charge in [0.15, 0.2) is 5.75 Å². The Bertz CT molecular complexity index is 784. The Morgan fingerprint density at radius 1 is 1.32 bits per heavy atom. The van der Waals surface area contributed by atoms with Gasteiger partial charge in [0.1, 0.15) is 0 Å². The zero-order valence-electron chi connectivity index (χ0n) is 11.1. The van der Waals surface area contributed by atoms with Gasteiger partial charge in [-0.2, -0.15) is 23.0 Å². The van der Waals surface area contributed by atoms with Gasteiger partial charge in [0.2, 0.25) is 5.69 Å². The van der Waals surface area contributed by atoms with E-state index in [1.807, 2.05) is 0 Å². The molecule has 2 aromatic rings. The highest BCUT2D eigenvalue weighted by Gasteiger charge is 2.30. The summed E-state index contributed by atoms with van der Waals surface area (Å²) in [5, 5.41) is 13.0. The highest BCUT2D eigenvalue weighted by molar-refractivity contribution is 5.89. The zero-order chi connectivity index (χ0) is 16.5. The van der Waals surface area contributed by atoms with Gasteiger partial charge in [-0.15, -0.1) is 0 Å². The molecule has 0 aliphatic carbocycles. The summed E-state index contributed by atoms with van der Waals surface area (Å²) in [6.45, 7) is 0. The molecule has 22 heavy (non-hydrogen) atoms. The van der Waals surface area contributed by atoms with Crippen LogP contribution in [0.15, 0.2) is 35.1 Å². The van der Waals surface area contributed by atoms with Crippen molar-refractivity contribution in [2.24, 2.45) is 0 Å². The molecule has 0 aliphatic heterocycles. The van der Waals surface area contributed by atoms with E-state index in [9.17, 15) is 27.9 Å². The number of aromatic hydroxyl groups is 1. The van der Waals surface area contributed by atoms with Crippen LogP contribution < -0.4 is 5.56 Å². The average molecular weight is 314 g/mol. The number of aromatic nitrogens is 2. The Hall–Kier alpha value is -2.84. The second kappa shape index (κ2) is 5.51. The fourth-order valence-electron chi connectivity index (χ4n) is 1.69. The number of ether oxygens (including phenoxy) is 1. The van der Waals surface area contributed by atoms with Crippen LogP contribution in [-0.4, -0.2) is 28.0 Å². The molecule has 2 rings (SSSR count). The van der Waals surface area contributed by atoms with Crippen molar-refractivity contribution in [3.05, 3.63) is 51.9 Å². The Morgan fingerprint density at radius 3 is 2.59 bits per heavy atom. The number of hydrogen-bond acceptors (Lipinski definition) is 5. The van der Waals surface area contributed by atoms with Crippen LogP contribution in [0.1, 0.15) is 16.1 Å². The predicted octanol–water partition coefficient (Wildman–Crippen LogP) is 1.74. The van der Waals surface area contributed by atoms with Gasteiger partial charge in [-0.3, -0.25) is 4.79 Å². The first kappa shape index (κ1) is 15.5. The number of nitrogens with zero attached hydrogens (tertiary/aromatic N) is 2. The lowest BCUT2D eigenvalue weighted by Crippen LogP contribution is -2.24. The minimum Gasteiger partial charge on any atom is -0.505 e. The number of alkyl halides is 3. The van der Waals surface area contributed by atoms with E-state index in [0.29, 0.717) is 16.8 Å². The van der Waals surface area contributed by atoms with Crippen molar-refractivity contribution in [2.45, 2.75) is 6.18 Å². The van der Waals surface area contributed by atoms with Gasteiger partial charge in [-0.1, -0.05) is 6.07 Å². The van der Waals surface area contributed by atoms with E-state index in [4.69, 9.17) is 0 Å². The summed E-state index contributed by atoms with van der Waals surface area (Å²) in [5.41, 5.74) is -2.67. The van der Waals surface area contributed by atoms with E-state index in [-0.39, 0.29) is 5.69 Å². The summed E-state index contributed by atoms with van der Waals surface area (Å²) in [6, 6.07) is 4.50. The molecule has 0 fully saturated rings. The fourth-order valence-corrected chi connectivity index (χ4v) is 1.69. The number of rotatable bonds is 2. The normalized spacial score (nSPS) is 11.3. The van der Waals surface area contributed by atoms with E-state index in [0.717, 1.165) is 19.2 Å². The van der Waals surface area contributed by atoms with Crippen molar-refractivity contribution in [3.8, 4) is 11.4 Å². The van der Waals surface area contributed by atoms with Gasteiger partial charge >= 0.3 is 12.1 Å². The number of hydrogen-bond donors (Lipinski definition) is 1. The molecule has 0 radical (unpaired) electrons. The number of esters is 1. The van der Waals surface area contributed by atoms with Gasteiger partial charge in [0.05, 0.1) is 18.4 Å². The molecule has 0 spiro atoms. The highest BCUT2D eigenvalue weighted by Crippen LogP contribution is 2.30. The van der Waals surface area contributed by atoms with Crippen molar-refractivity contribution in [3.63, 3.8) is 0 Å². The lowest BCUT2D eigenvalue weighted by molar-refractivity contribution is -0.137.